The lowest BCUT2D eigenvalue weighted by Crippen LogP contribution is -2.49. The second-order valence-electron chi connectivity index (χ2n) is 6.37. The molecule has 116 valence electrons. The van der Waals surface area contributed by atoms with Gasteiger partial charge in [0.1, 0.15) is 11.4 Å². The van der Waals surface area contributed by atoms with E-state index >= 15 is 0 Å². The fraction of sp³-hybridized carbons (Fsp3) is 0.562. The lowest BCUT2D eigenvalue weighted by atomic mass is 10.2. The monoisotopic (exact) mass is 294 g/mol. The largest absolute Gasteiger partial charge is 0.444 e. The van der Waals surface area contributed by atoms with Crippen LogP contribution in [-0.2, 0) is 11.3 Å². The number of hydrogen-bond acceptors (Lipinski definition) is 3. The van der Waals surface area contributed by atoms with Crippen molar-refractivity contribution in [2.75, 3.05) is 26.2 Å². The molecule has 5 heteroatoms. The molecule has 1 fully saturated rings. The zero-order valence-corrected chi connectivity index (χ0v) is 12.9. The second kappa shape index (κ2) is 6.43. The number of benzene rings is 1. The smallest absolute Gasteiger partial charge is 0.410 e. The highest BCUT2D eigenvalue weighted by Gasteiger charge is 2.25. The lowest BCUT2D eigenvalue weighted by molar-refractivity contribution is 0.0139. The normalized spacial score (nSPS) is 16.9. The maximum absolute atomic E-state index is 12.9. The van der Waals surface area contributed by atoms with Gasteiger partial charge >= 0.3 is 6.09 Å². The molecule has 1 heterocycles. The SMILES string of the molecule is CC(C)(C)OC(=O)N1CCN(Cc2ccc(F)cc2)CC1. The van der Waals surface area contributed by atoms with Gasteiger partial charge in [-0.1, -0.05) is 12.1 Å². The number of ether oxygens (including phenoxy) is 1. The third kappa shape index (κ3) is 5.01. The van der Waals surface area contributed by atoms with Crippen molar-refractivity contribution >= 4 is 6.09 Å². The molecular weight excluding hydrogens is 271 g/mol. The molecule has 1 aliphatic rings. The van der Waals surface area contributed by atoms with Gasteiger partial charge in [0.2, 0.25) is 0 Å². The summed E-state index contributed by atoms with van der Waals surface area (Å²) in [6, 6.07) is 6.56. The molecule has 1 aromatic carbocycles. The lowest BCUT2D eigenvalue weighted by Gasteiger charge is -2.35. The quantitative estimate of drug-likeness (QED) is 0.841. The van der Waals surface area contributed by atoms with Crippen LogP contribution in [0.2, 0.25) is 0 Å². The molecule has 0 atom stereocenters. The highest BCUT2D eigenvalue weighted by atomic mass is 19.1. The van der Waals surface area contributed by atoms with Crippen molar-refractivity contribution in [3.05, 3.63) is 35.6 Å². The van der Waals surface area contributed by atoms with Crippen LogP contribution in [0, 0.1) is 5.82 Å². The first-order chi connectivity index (χ1) is 9.83. The van der Waals surface area contributed by atoms with E-state index in [0.29, 0.717) is 13.1 Å². The number of carbonyl (C=O) groups is 1. The third-order valence-corrected chi connectivity index (χ3v) is 3.34. The number of hydrogen-bond donors (Lipinski definition) is 0. The molecule has 0 aromatic heterocycles. The van der Waals surface area contributed by atoms with Crippen LogP contribution in [0.5, 0.6) is 0 Å². The van der Waals surface area contributed by atoms with E-state index in [1.54, 1.807) is 17.0 Å². The second-order valence-corrected chi connectivity index (χ2v) is 6.37. The van der Waals surface area contributed by atoms with Gasteiger partial charge in [-0.2, -0.15) is 0 Å². The molecular formula is C16H23FN2O2. The zero-order chi connectivity index (χ0) is 15.5. The fourth-order valence-electron chi connectivity index (χ4n) is 2.26. The van der Waals surface area contributed by atoms with Crippen LogP contribution in [0.15, 0.2) is 24.3 Å². The summed E-state index contributed by atoms with van der Waals surface area (Å²) < 4.78 is 18.2. The maximum Gasteiger partial charge on any atom is 0.410 e. The highest BCUT2D eigenvalue weighted by Crippen LogP contribution is 2.13. The Labute approximate surface area is 125 Å². The van der Waals surface area contributed by atoms with Crippen molar-refractivity contribution in [2.24, 2.45) is 0 Å². The minimum absolute atomic E-state index is 0.214. The van der Waals surface area contributed by atoms with Crippen LogP contribution in [0.4, 0.5) is 9.18 Å². The van der Waals surface area contributed by atoms with Crippen molar-refractivity contribution in [2.45, 2.75) is 32.9 Å². The van der Waals surface area contributed by atoms with E-state index in [0.717, 1.165) is 25.2 Å². The van der Waals surface area contributed by atoms with Gasteiger partial charge < -0.3 is 9.64 Å². The summed E-state index contributed by atoms with van der Waals surface area (Å²) in [5, 5.41) is 0. The molecule has 0 radical (unpaired) electrons. The maximum atomic E-state index is 12.9. The first kappa shape index (κ1) is 15.8. The van der Waals surface area contributed by atoms with Crippen LogP contribution >= 0.6 is 0 Å². The minimum Gasteiger partial charge on any atom is -0.444 e. The molecule has 1 aliphatic heterocycles. The average Bonchev–Trinajstić information content (AvgIpc) is 2.40. The van der Waals surface area contributed by atoms with Gasteiger partial charge in [-0.15, -0.1) is 0 Å². The molecule has 0 spiro atoms. The fourth-order valence-corrected chi connectivity index (χ4v) is 2.26. The Hall–Kier alpha value is -1.62. The topological polar surface area (TPSA) is 32.8 Å². The Morgan fingerprint density at radius 3 is 2.24 bits per heavy atom. The summed E-state index contributed by atoms with van der Waals surface area (Å²) in [4.78, 5) is 16.0. The molecule has 0 saturated carbocycles. The predicted molar refractivity (Wildman–Crippen MR) is 79.5 cm³/mol. The molecule has 0 aliphatic carbocycles. The van der Waals surface area contributed by atoms with Crippen LogP contribution < -0.4 is 0 Å². The highest BCUT2D eigenvalue weighted by molar-refractivity contribution is 5.68. The van der Waals surface area contributed by atoms with Crippen molar-refractivity contribution in [1.29, 1.82) is 0 Å². The Balaban J connectivity index is 1.80. The first-order valence-electron chi connectivity index (χ1n) is 7.28. The Kier molecular flexibility index (Phi) is 4.83. The van der Waals surface area contributed by atoms with E-state index < -0.39 is 5.60 Å². The Morgan fingerprint density at radius 2 is 1.71 bits per heavy atom. The van der Waals surface area contributed by atoms with E-state index in [1.807, 2.05) is 20.8 Å². The summed E-state index contributed by atoms with van der Waals surface area (Å²) in [6.07, 6.45) is -0.246. The Morgan fingerprint density at radius 1 is 1.14 bits per heavy atom. The van der Waals surface area contributed by atoms with Crippen LogP contribution in [0.25, 0.3) is 0 Å². The van der Waals surface area contributed by atoms with E-state index in [2.05, 4.69) is 4.90 Å². The number of carbonyl (C=O) groups excluding carboxylic acids is 1. The van der Waals surface area contributed by atoms with Crippen LogP contribution in [0.1, 0.15) is 26.3 Å². The number of amides is 1. The molecule has 0 N–H and O–H groups in total. The van der Waals surface area contributed by atoms with Gasteiger partial charge in [0.15, 0.2) is 0 Å². The molecule has 4 nitrogen and oxygen atoms in total. The summed E-state index contributed by atoms with van der Waals surface area (Å²) in [7, 11) is 0. The zero-order valence-electron chi connectivity index (χ0n) is 12.9. The van der Waals surface area contributed by atoms with Gasteiger partial charge in [0.05, 0.1) is 0 Å². The average molecular weight is 294 g/mol. The van der Waals surface area contributed by atoms with Crippen molar-refractivity contribution in [3.8, 4) is 0 Å². The summed E-state index contributed by atoms with van der Waals surface area (Å²) in [5.41, 5.74) is 0.629. The van der Waals surface area contributed by atoms with Gasteiger partial charge in [0.25, 0.3) is 0 Å². The molecule has 1 saturated heterocycles. The van der Waals surface area contributed by atoms with Crippen molar-refractivity contribution < 1.29 is 13.9 Å². The van der Waals surface area contributed by atoms with E-state index in [1.165, 1.54) is 12.1 Å². The summed E-state index contributed by atoms with van der Waals surface area (Å²) >= 11 is 0. The van der Waals surface area contributed by atoms with E-state index in [9.17, 15) is 9.18 Å². The Bertz CT molecular complexity index is 474. The van der Waals surface area contributed by atoms with Gasteiger partial charge in [-0.25, -0.2) is 9.18 Å². The number of piperazine rings is 1. The number of nitrogens with zero attached hydrogens (tertiary/aromatic N) is 2. The van der Waals surface area contributed by atoms with Gasteiger partial charge in [0, 0.05) is 32.7 Å². The summed E-state index contributed by atoms with van der Waals surface area (Å²) in [5.74, 6) is -0.214. The first-order valence-corrected chi connectivity index (χ1v) is 7.28. The summed E-state index contributed by atoms with van der Waals surface area (Å²) in [6.45, 7) is 9.32. The number of rotatable bonds is 2. The van der Waals surface area contributed by atoms with Gasteiger partial charge in [-0.3, -0.25) is 4.90 Å². The van der Waals surface area contributed by atoms with Crippen molar-refractivity contribution in [3.63, 3.8) is 0 Å². The standard InChI is InChI=1S/C16H23FN2O2/c1-16(2,3)21-15(20)19-10-8-18(9-11-19)12-13-4-6-14(17)7-5-13/h4-7H,8-12H2,1-3H3. The predicted octanol–water partition coefficient (Wildman–Crippen LogP) is 2.88. The third-order valence-electron chi connectivity index (χ3n) is 3.34. The molecule has 1 aromatic rings. The van der Waals surface area contributed by atoms with Gasteiger partial charge in [-0.05, 0) is 38.5 Å². The molecule has 0 bridgehead atoms. The molecule has 21 heavy (non-hydrogen) atoms. The van der Waals surface area contributed by atoms with E-state index in [4.69, 9.17) is 4.74 Å². The number of halogens is 1. The minimum atomic E-state index is -0.456. The van der Waals surface area contributed by atoms with Crippen LogP contribution in [-0.4, -0.2) is 47.7 Å². The molecule has 0 unspecified atom stereocenters. The van der Waals surface area contributed by atoms with Crippen molar-refractivity contribution in [1.82, 2.24) is 9.80 Å². The van der Waals surface area contributed by atoms with E-state index in [-0.39, 0.29) is 11.9 Å². The van der Waals surface area contributed by atoms with Crippen LogP contribution in [0.3, 0.4) is 0 Å². The molecule has 1 amide bonds. The molecule has 2 rings (SSSR count).